The van der Waals surface area contributed by atoms with Crippen molar-refractivity contribution in [1.82, 2.24) is 19.9 Å². The molecule has 3 heterocycles. The number of nitrogens with zero attached hydrogens (tertiary/aromatic N) is 5. The van der Waals surface area contributed by atoms with Crippen LogP contribution >= 0.6 is 0 Å². The molecule has 1 amide bonds. The van der Waals surface area contributed by atoms with Gasteiger partial charge in [-0.15, -0.1) is 0 Å². The number of carbonyl (C=O) groups excluding carboxylic acids is 1. The van der Waals surface area contributed by atoms with Gasteiger partial charge in [0.1, 0.15) is 19.0 Å². The summed E-state index contributed by atoms with van der Waals surface area (Å²) >= 11 is 0. The van der Waals surface area contributed by atoms with Crippen LogP contribution in [0.5, 0.6) is 11.6 Å². The van der Waals surface area contributed by atoms with E-state index in [1.54, 1.807) is 31.4 Å². The van der Waals surface area contributed by atoms with Crippen LogP contribution in [-0.2, 0) is 0 Å². The number of amides is 1. The van der Waals surface area contributed by atoms with Crippen molar-refractivity contribution in [2.45, 2.75) is 25.0 Å². The van der Waals surface area contributed by atoms with Crippen molar-refractivity contribution in [3.63, 3.8) is 0 Å². The Morgan fingerprint density at radius 1 is 1.06 bits per heavy atom. The number of pyridine rings is 1. The number of hydrogen-bond acceptors (Lipinski definition) is 9. The highest BCUT2D eigenvalue weighted by Gasteiger charge is 2.32. The van der Waals surface area contributed by atoms with E-state index in [9.17, 15) is 9.90 Å². The number of aliphatic hydroxyl groups excluding tert-OH is 1. The Morgan fingerprint density at radius 3 is 2.51 bits per heavy atom. The summed E-state index contributed by atoms with van der Waals surface area (Å²) in [5, 5.41) is 13.0. The quantitative estimate of drug-likeness (QED) is 0.554. The van der Waals surface area contributed by atoms with Crippen LogP contribution in [0.15, 0.2) is 42.7 Å². The summed E-state index contributed by atoms with van der Waals surface area (Å²) in [4.78, 5) is 29.6. The molecule has 3 aromatic rings. The van der Waals surface area contributed by atoms with Crippen molar-refractivity contribution < 1.29 is 19.4 Å². The first-order valence-electron chi connectivity index (χ1n) is 11.5. The maximum Gasteiger partial charge on any atom is 0.257 e. The number of hydrogen-bond donors (Lipinski definition) is 2. The summed E-state index contributed by atoms with van der Waals surface area (Å²) in [6, 6.07) is 9.41. The van der Waals surface area contributed by atoms with Crippen LogP contribution in [0.2, 0.25) is 0 Å². The van der Waals surface area contributed by atoms with E-state index in [2.05, 4.69) is 20.2 Å². The minimum atomic E-state index is -0.287. The molecule has 0 radical (unpaired) electrons. The van der Waals surface area contributed by atoms with Crippen LogP contribution in [0.3, 0.4) is 0 Å². The number of benzene rings is 1. The van der Waals surface area contributed by atoms with Gasteiger partial charge >= 0.3 is 0 Å². The normalized spacial score (nSPS) is 18.4. The standard InChI is InChI=1S/C25H28N6O4/c1-30(2)24(33)16-6-4-15(5-7-16)20-14-27-25(29-22(20)31(3)18-11-19(32)12-18)28-17-10-21-23(26-13-17)35-9-8-34-21/h4-7,10,13-14,18-19,32H,8-9,11-12H2,1-3H3,(H,27,28,29)/t18-,19+. The third-order valence-corrected chi connectivity index (χ3v) is 6.24. The molecule has 1 aromatic carbocycles. The third-order valence-electron chi connectivity index (χ3n) is 6.24. The molecule has 1 aliphatic carbocycles. The average molecular weight is 477 g/mol. The minimum Gasteiger partial charge on any atom is -0.484 e. The number of fused-ring (bicyclic) bond motifs is 1. The molecule has 1 fully saturated rings. The highest BCUT2D eigenvalue weighted by atomic mass is 16.6. The van der Waals surface area contributed by atoms with Gasteiger partial charge in [-0.3, -0.25) is 4.79 Å². The Kier molecular flexibility index (Phi) is 6.12. The van der Waals surface area contributed by atoms with Crippen LogP contribution < -0.4 is 19.7 Å². The molecular weight excluding hydrogens is 448 g/mol. The van der Waals surface area contributed by atoms with Crippen LogP contribution in [0.1, 0.15) is 23.2 Å². The van der Waals surface area contributed by atoms with E-state index >= 15 is 0 Å². The second-order valence-electron chi connectivity index (χ2n) is 8.95. The molecule has 5 rings (SSSR count). The molecule has 2 aliphatic rings. The molecule has 0 bridgehead atoms. The van der Waals surface area contributed by atoms with Gasteiger partial charge in [-0.05, 0) is 30.5 Å². The first-order valence-corrected chi connectivity index (χ1v) is 11.5. The van der Waals surface area contributed by atoms with Gasteiger partial charge < -0.3 is 29.7 Å². The lowest BCUT2D eigenvalue weighted by atomic mass is 9.88. The molecule has 0 saturated heterocycles. The van der Waals surface area contributed by atoms with Crippen molar-refractivity contribution in [1.29, 1.82) is 0 Å². The van der Waals surface area contributed by atoms with E-state index in [-0.39, 0.29) is 18.1 Å². The molecule has 1 aliphatic heterocycles. The molecule has 10 nitrogen and oxygen atoms in total. The Morgan fingerprint density at radius 2 is 1.80 bits per heavy atom. The van der Waals surface area contributed by atoms with Gasteiger partial charge in [-0.2, -0.15) is 4.98 Å². The van der Waals surface area contributed by atoms with E-state index in [4.69, 9.17) is 14.5 Å². The maximum absolute atomic E-state index is 12.3. The van der Waals surface area contributed by atoms with Gasteiger partial charge in [0.15, 0.2) is 5.75 Å². The Balaban J connectivity index is 1.46. The minimum absolute atomic E-state index is 0.0545. The summed E-state index contributed by atoms with van der Waals surface area (Å²) in [6.45, 7) is 0.956. The van der Waals surface area contributed by atoms with Gasteiger partial charge in [-0.1, -0.05) is 12.1 Å². The van der Waals surface area contributed by atoms with Gasteiger partial charge in [0.25, 0.3) is 11.8 Å². The van der Waals surface area contributed by atoms with Gasteiger partial charge in [0.2, 0.25) is 5.95 Å². The maximum atomic E-state index is 12.3. The molecule has 2 N–H and O–H groups in total. The zero-order chi connectivity index (χ0) is 24.5. The predicted octanol–water partition coefficient (Wildman–Crippen LogP) is 2.71. The van der Waals surface area contributed by atoms with Gasteiger partial charge in [-0.25, -0.2) is 9.97 Å². The highest BCUT2D eigenvalue weighted by Crippen LogP contribution is 2.36. The lowest BCUT2D eigenvalue weighted by Gasteiger charge is -2.39. The Hall–Kier alpha value is -3.92. The largest absolute Gasteiger partial charge is 0.484 e. The third kappa shape index (κ3) is 4.69. The fourth-order valence-electron chi connectivity index (χ4n) is 4.14. The number of carbonyl (C=O) groups is 1. The fraction of sp³-hybridized carbons (Fsp3) is 0.360. The number of ether oxygens (including phenoxy) is 2. The van der Waals surface area contributed by atoms with Crippen molar-refractivity contribution >= 4 is 23.4 Å². The molecule has 10 heteroatoms. The van der Waals surface area contributed by atoms with Crippen molar-refractivity contribution in [3.05, 3.63) is 48.3 Å². The van der Waals surface area contributed by atoms with E-state index in [0.29, 0.717) is 54.9 Å². The Labute approximate surface area is 203 Å². The van der Waals surface area contributed by atoms with E-state index < -0.39 is 0 Å². The number of aliphatic hydroxyl groups is 1. The summed E-state index contributed by atoms with van der Waals surface area (Å²) in [6.07, 6.45) is 4.50. The highest BCUT2D eigenvalue weighted by molar-refractivity contribution is 5.94. The smallest absolute Gasteiger partial charge is 0.257 e. The molecule has 1 saturated carbocycles. The zero-order valence-electron chi connectivity index (χ0n) is 19.9. The SMILES string of the molecule is CN(C)C(=O)c1ccc(-c2cnc(Nc3cnc4c(c3)OCCO4)nc2N(C)[C@H]2C[C@@H](O)C2)cc1. The predicted molar refractivity (Wildman–Crippen MR) is 131 cm³/mol. The second-order valence-corrected chi connectivity index (χ2v) is 8.95. The van der Waals surface area contributed by atoms with Gasteiger partial charge in [0, 0.05) is 50.6 Å². The Bertz CT molecular complexity index is 1230. The average Bonchev–Trinajstić information content (AvgIpc) is 2.86. The number of aromatic nitrogens is 3. The first kappa shape index (κ1) is 22.9. The molecule has 2 aromatic heterocycles. The molecule has 0 spiro atoms. The summed E-state index contributed by atoms with van der Waals surface area (Å²) in [7, 11) is 5.43. The van der Waals surface area contributed by atoms with E-state index in [1.807, 2.05) is 37.4 Å². The fourth-order valence-corrected chi connectivity index (χ4v) is 4.14. The monoisotopic (exact) mass is 476 g/mol. The molecular formula is C25H28N6O4. The molecule has 35 heavy (non-hydrogen) atoms. The lowest BCUT2D eigenvalue weighted by molar-refractivity contribution is 0.0748. The number of anilines is 3. The first-order chi connectivity index (χ1) is 16.9. The second kappa shape index (κ2) is 9.38. The number of rotatable bonds is 6. The van der Waals surface area contributed by atoms with E-state index in [0.717, 1.165) is 16.9 Å². The molecule has 182 valence electrons. The summed E-state index contributed by atoms with van der Waals surface area (Å²) in [5.74, 6) is 2.13. The van der Waals surface area contributed by atoms with Crippen LogP contribution in [0.4, 0.5) is 17.5 Å². The molecule has 0 unspecified atom stereocenters. The van der Waals surface area contributed by atoms with Crippen LogP contribution in [-0.4, -0.2) is 77.4 Å². The summed E-state index contributed by atoms with van der Waals surface area (Å²) in [5.41, 5.74) is 3.03. The van der Waals surface area contributed by atoms with Crippen molar-refractivity contribution in [3.8, 4) is 22.8 Å². The van der Waals surface area contributed by atoms with Crippen molar-refractivity contribution in [2.24, 2.45) is 0 Å². The topological polar surface area (TPSA) is 113 Å². The lowest BCUT2D eigenvalue weighted by Crippen LogP contribution is -2.45. The molecule has 0 atom stereocenters. The van der Waals surface area contributed by atoms with Gasteiger partial charge in [0.05, 0.1) is 18.0 Å². The van der Waals surface area contributed by atoms with Crippen LogP contribution in [0, 0.1) is 0 Å². The summed E-state index contributed by atoms with van der Waals surface area (Å²) < 4.78 is 11.1. The number of nitrogens with one attached hydrogen (secondary N) is 1. The van der Waals surface area contributed by atoms with Crippen LogP contribution in [0.25, 0.3) is 11.1 Å². The van der Waals surface area contributed by atoms with Crippen molar-refractivity contribution in [2.75, 3.05) is 44.6 Å². The zero-order valence-corrected chi connectivity index (χ0v) is 19.9. The van der Waals surface area contributed by atoms with E-state index in [1.165, 1.54) is 0 Å².